The lowest BCUT2D eigenvalue weighted by Gasteiger charge is -2.35. The van der Waals surface area contributed by atoms with Crippen molar-refractivity contribution in [3.05, 3.63) is 35.4 Å². The first-order valence-electron chi connectivity index (χ1n) is 11.3. The summed E-state index contributed by atoms with van der Waals surface area (Å²) in [7, 11) is 0. The van der Waals surface area contributed by atoms with Crippen LogP contribution in [-0.2, 0) is 36.7 Å². The van der Waals surface area contributed by atoms with E-state index >= 15 is 0 Å². The Bertz CT molecular complexity index is 698. The molecule has 1 N–H and O–H groups in total. The first kappa shape index (κ1) is 26.7. The van der Waals surface area contributed by atoms with Crippen LogP contribution >= 0.6 is 0 Å². The molecule has 6 nitrogen and oxygen atoms in total. The van der Waals surface area contributed by atoms with E-state index in [4.69, 9.17) is 9.47 Å². The third kappa shape index (κ3) is 10.5. The monoisotopic (exact) mass is 433 g/mol. The highest BCUT2D eigenvalue weighted by atomic mass is 16.6. The highest BCUT2D eigenvalue weighted by molar-refractivity contribution is 5.73. The van der Waals surface area contributed by atoms with Crippen molar-refractivity contribution in [2.24, 2.45) is 5.92 Å². The van der Waals surface area contributed by atoms with Crippen molar-refractivity contribution < 1.29 is 23.9 Å². The Morgan fingerprint density at radius 3 is 1.94 bits per heavy atom. The number of rotatable bonds is 13. The minimum Gasteiger partial charge on any atom is -0.460 e. The van der Waals surface area contributed by atoms with E-state index in [0.29, 0.717) is 6.42 Å². The molecule has 1 aromatic carbocycles. The maximum atomic E-state index is 11.8. The molecule has 6 heteroatoms. The van der Waals surface area contributed by atoms with Crippen LogP contribution in [0.15, 0.2) is 24.3 Å². The van der Waals surface area contributed by atoms with Gasteiger partial charge in [-0.25, -0.2) is 0 Å². The predicted molar refractivity (Wildman–Crippen MR) is 122 cm³/mol. The minimum atomic E-state index is -0.591. The molecule has 0 aromatic heterocycles. The van der Waals surface area contributed by atoms with Crippen LogP contribution in [0.5, 0.6) is 0 Å². The standard InChI is InChI=1S/C25H39NO5/c1-7-21-13-15-22(16-14-21)11-9-8-10-12-23(30-19(5)28)24(26-18(4)27)25(17(2)3)31-20(6)29/h13-17,23-25H,7-12H2,1-6H3,(H,26,27). The number of amides is 1. The lowest BCUT2D eigenvalue weighted by Crippen LogP contribution is -2.54. The van der Waals surface area contributed by atoms with E-state index in [1.807, 2.05) is 13.8 Å². The fourth-order valence-corrected chi connectivity index (χ4v) is 3.76. The second-order valence-electron chi connectivity index (χ2n) is 8.46. The normalized spacial score (nSPS) is 13.9. The van der Waals surface area contributed by atoms with Gasteiger partial charge in [0, 0.05) is 20.8 Å². The lowest BCUT2D eigenvalue weighted by molar-refractivity contribution is -0.160. The zero-order valence-electron chi connectivity index (χ0n) is 19.9. The molecule has 1 aromatic rings. The van der Waals surface area contributed by atoms with Gasteiger partial charge < -0.3 is 14.8 Å². The van der Waals surface area contributed by atoms with E-state index in [1.165, 1.54) is 31.9 Å². The third-order valence-corrected chi connectivity index (χ3v) is 5.29. The van der Waals surface area contributed by atoms with Gasteiger partial charge in [0.05, 0.1) is 0 Å². The molecule has 0 aliphatic carbocycles. The molecule has 0 heterocycles. The Kier molecular flexibility index (Phi) is 11.9. The first-order valence-corrected chi connectivity index (χ1v) is 11.3. The van der Waals surface area contributed by atoms with Crippen LogP contribution in [0.2, 0.25) is 0 Å². The van der Waals surface area contributed by atoms with Crippen LogP contribution in [0.4, 0.5) is 0 Å². The lowest BCUT2D eigenvalue weighted by atomic mass is 9.91. The van der Waals surface area contributed by atoms with Gasteiger partial charge in [-0.05, 0) is 49.1 Å². The number of ether oxygens (including phenoxy) is 2. The minimum absolute atomic E-state index is 0.0510. The smallest absolute Gasteiger partial charge is 0.302 e. The van der Waals surface area contributed by atoms with Crippen LogP contribution in [0.25, 0.3) is 0 Å². The average molecular weight is 434 g/mol. The number of aryl methyl sites for hydroxylation is 2. The summed E-state index contributed by atoms with van der Waals surface area (Å²) in [5, 5.41) is 2.86. The summed E-state index contributed by atoms with van der Waals surface area (Å²) < 4.78 is 11.1. The van der Waals surface area contributed by atoms with Crippen LogP contribution < -0.4 is 5.32 Å². The quantitative estimate of drug-likeness (QED) is 0.369. The summed E-state index contributed by atoms with van der Waals surface area (Å²) >= 11 is 0. The van der Waals surface area contributed by atoms with Gasteiger partial charge in [-0.1, -0.05) is 51.5 Å². The van der Waals surface area contributed by atoms with E-state index in [0.717, 1.165) is 32.1 Å². The fraction of sp³-hybridized carbons (Fsp3) is 0.640. The van der Waals surface area contributed by atoms with Gasteiger partial charge in [-0.2, -0.15) is 0 Å². The van der Waals surface area contributed by atoms with Crippen molar-refractivity contribution in [3.8, 4) is 0 Å². The molecule has 1 rings (SSSR count). The average Bonchev–Trinajstić information content (AvgIpc) is 2.69. The summed E-state index contributed by atoms with van der Waals surface area (Å²) in [5.74, 6) is -1.15. The fourth-order valence-electron chi connectivity index (χ4n) is 3.76. The molecule has 1 amide bonds. The zero-order chi connectivity index (χ0) is 23.4. The highest BCUT2D eigenvalue weighted by Gasteiger charge is 2.36. The van der Waals surface area contributed by atoms with E-state index in [9.17, 15) is 14.4 Å². The molecule has 31 heavy (non-hydrogen) atoms. The molecule has 3 atom stereocenters. The van der Waals surface area contributed by atoms with Crippen molar-refractivity contribution in [2.45, 2.75) is 98.3 Å². The Morgan fingerprint density at radius 2 is 1.45 bits per heavy atom. The van der Waals surface area contributed by atoms with E-state index in [-0.39, 0.29) is 11.8 Å². The predicted octanol–water partition coefficient (Wildman–Crippen LogP) is 4.38. The van der Waals surface area contributed by atoms with E-state index < -0.39 is 30.2 Å². The van der Waals surface area contributed by atoms with Crippen molar-refractivity contribution in [1.29, 1.82) is 0 Å². The van der Waals surface area contributed by atoms with Gasteiger partial charge >= 0.3 is 11.9 Å². The van der Waals surface area contributed by atoms with Gasteiger partial charge in [-0.15, -0.1) is 0 Å². The molecular weight excluding hydrogens is 394 g/mol. The Morgan fingerprint density at radius 1 is 0.871 bits per heavy atom. The number of hydrogen-bond donors (Lipinski definition) is 1. The van der Waals surface area contributed by atoms with Gasteiger partial charge in [-0.3, -0.25) is 14.4 Å². The Labute approximate surface area is 187 Å². The van der Waals surface area contributed by atoms with Crippen LogP contribution in [0.3, 0.4) is 0 Å². The van der Waals surface area contributed by atoms with Crippen LogP contribution in [-0.4, -0.2) is 36.1 Å². The molecular formula is C25H39NO5. The summed E-state index contributed by atoms with van der Waals surface area (Å²) in [4.78, 5) is 35.2. The van der Waals surface area contributed by atoms with E-state index in [1.54, 1.807) is 0 Å². The summed E-state index contributed by atoms with van der Waals surface area (Å²) in [6, 6.07) is 8.11. The van der Waals surface area contributed by atoms with Gasteiger partial charge in [0.25, 0.3) is 0 Å². The van der Waals surface area contributed by atoms with Crippen molar-refractivity contribution in [2.75, 3.05) is 0 Å². The number of benzene rings is 1. The molecule has 0 saturated carbocycles. The van der Waals surface area contributed by atoms with Gasteiger partial charge in [0.15, 0.2) is 0 Å². The van der Waals surface area contributed by atoms with Crippen molar-refractivity contribution in [3.63, 3.8) is 0 Å². The first-order chi connectivity index (χ1) is 14.6. The SMILES string of the molecule is CCc1ccc(CCCCCC(OC(C)=O)C(NC(C)=O)C(OC(C)=O)C(C)C)cc1. The molecule has 0 radical (unpaired) electrons. The Hall–Kier alpha value is -2.37. The molecule has 0 spiro atoms. The van der Waals surface area contributed by atoms with Crippen molar-refractivity contribution >= 4 is 17.8 Å². The Balaban J connectivity index is 2.75. The van der Waals surface area contributed by atoms with Crippen molar-refractivity contribution in [1.82, 2.24) is 5.32 Å². The molecule has 3 unspecified atom stereocenters. The second-order valence-corrected chi connectivity index (χ2v) is 8.46. The molecule has 0 aliphatic rings. The van der Waals surface area contributed by atoms with E-state index in [2.05, 4.69) is 36.5 Å². The molecule has 0 bridgehead atoms. The van der Waals surface area contributed by atoms with Crippen LogP contribution in [0.1, 0.15) is 78.4 Å². The molecule has 0 aliphatic heterocycles. The molecule has 0 saturated heterocycles. The number of unbranched alkanes of at least 4 members (excludes halogenated alkanes) is 2. The largest absolute Gasteiger partial charge is 0.460 e. The highest BCUT2D eigenvalue weighted by Crippen LogP contribution is 2.21. The number of hydrogen-bond acceptors (Lipinski definition) is 5. The number of nitrogens with one attached hydrogen (secondary N) is 1. The summed E-state index contributed by atoms with van der Waals surface area (Å²) in [6.45, 7) is 10.1. The third-order valence-electron chi connectivity index (χ3n) is 5.29. The topological polar surface area (TPSA) is 81.7 Å². The number of esters is 2. The van der Waals surface area contributed by atoms with Crippen LogP contribution in [0, 0.1) is 5.92 Å². The van der Waals surface area contributed by atoms with Gasteiger partial charge in [0.2, 0.25) is 5.91 Å². The summed E-state index contributed by atoms with van der Waals surface area (Å²) in [5.41, 5.74) is 2.66. The molecule has 174 valence electrons. The van der Waals surface area contributed by atoms with Gasteiger partial charge in [0.1, 0.15) is 18.2 Å². The maximum absolute atomic E-state index is 11.8. The second kappa shape index (κ2) is 13.8. The number of carbonyl (C=O) groups excluding carboxylic acids is 3. The molecule has 0 fully saturated rings. The zero-order valence-corrected chi connectivity index (χ0v) is 19.9. The summed E-state index contributed by atoms with van der Waals surface area (Å²) in [6.07, 6.45) is 4.33. The number of carbonyl (C=O) groups is 3. The maximum Gasteiger partial charge on any atom is 0.302 e.